The maximum Gasteiger partial charge on any atom is 0.253 e. The Labute approximate surface area is 201 Å². The van der Waals surface area contributed by atoms with Crippen LogP contribution in [0.1, 0.15) is 16.1 Å². The van der Waals surface area contributed by atoms with Crippen LogP contribution in [-0.4, -0.2) is 41.3 Å². The van der Waals surface area contributed by atoms with E-state index in [1.54, 1.807) is 63.0 Å². The number of carbonyl (C=O) groups excluding carboxylic acids is 2. The smallest absolute Gasteiger partial charge is 0.253 e. The molecular weight excluding hydrogens is 452 g/mol. The van der Waals surface area contributed by atoms with Gasteiger partial charge in [0.05, 0.1) is 36.9 Å². The highest BCUT2D eigenvalue weighted by Crippen LogP contribution is 2.25. The molecule has 4 aromatic rings. The SMILES string of the molecule is COc1ccc(-n2ccnc2SCC(=O)N(C)c2ccccc2C(=O)NCc2ccco2)cc1. The highest BCUT2D eigenvalue weighted by Gasteiger charge is 2.19. The zero-order chi connectivity index (χ0) is 23.9. The van der Waals surface area contributed by atoms with Crippen molar-refractivity contribution in [2.75, 3.05) is 24.8 Å². The number of methoxy groups -OCH3 is 1. The van der Waals surface area contributed by atoms with Gasteiger partial charge in [0.2, 0.25) is 5.91 Å². The van der Waals surface area contributed by atoms with Gasteiger partial charge in [0.1, 0.15) is 11.5 Å². The molecule has 8 nitrogen and oxygen atoms in total. The van der Waals surface area contributed by atoms with Crippen LogP contribution >= 0.6 is 11.8 Å². The minimum atomic E-state index is -0.283. The lowest BCUT2D eigenvalue weighted by molar-refractivity contribution is -0.115. The molecule has 0 saturated carbocycles. The summed E-state index contributed by atoms with van der Waals surface area (Å²) < 4.78 is 12.4. The zero-order valence-electron chi connectivity index (χ0n) is 18.8. The van der Waals surface area contributed by atoms with Crippen LogP contribution in [0.4, 0.5) is 5.69 Å². The number of anilines is 1. The first-order chi connectivity index (χ1) is 16.6. The predicted octanol–water partition coefficient (Wildman–Crippen LogP) is 4.16. The fourth-order valence-electron chi connectivity index (χ4n) is 3.33. The van der Waals surface area contributed by atoms with E-state index in [9.17, 15) is 9.59 Å². The van der Waals surface area contributed by atoms with E-state index in [1.807, 2.05) is 35.0 Å². The topological polar surface area (TPSA) is 89.6 Å². The quantitative estimate of drug-likeness (QED) is 0.365. The van der Waals surface area contributed by atoms with Crippen LogP contribution < -0.4 is 15.0 Å². The first kappa shape index (κ1) is 23.2. The van der Waals surface area contributed by atoms with Crippen molar-refractivity contribution in [2.45, 2.75) is 11.7 Å². The summed E-state index contributed by atoms with van der Waals surface area (Å²) in [7, 11) is 3.29. The molecule has 1 N–H and O–H groups in total. The van der Waals surface area contributed by atoms with E-state index in [-0.39, 0.29) is 24.1 Å². The Balaban J connectivity index is 1.42. The van der Waals surface area contributed by atoms with E-state index in [0.29, 0.717) is 22.2 Å². The summed E-state index contributed by atoms with van der Waals surface area (Å²) in [4.78, 5) is 31.6. The molecule has 9 heteroatoms. The predicted molar refractivity (Wildman–Crippen MR) is 131 cm³/mol. The first-order valence-electron chi connectivity index (χ1n) is 10.5. The normalized spacial score (nSPS) is 10.6. The van der Waals surface area contributed by atoms with Gasteiger partial charge in [-0.25, -0.2) is 4.98 Å². The Morgan fingerprint density at radius 1 is 1.12 bits per heavy atom. The monoisotopic (exact) mass is 476 g/mol. The van der Waals surface area contributed by atoms with Gasteiger partial charge in [-0.3, -0.25) is 14.2 Å². The second kappa shape index (κ2) is 10.8. The van der Waals surface area contributed by atoms with Crippen molar-refractivity contribution < 1.29 is 18.7 Å². The number of nitrogens with zero attached hydrogens (tertiary/aromatic N) is 3. The Morgan fingerprint density at radius 3 is 2.65 bits per heavy atom. The van der Waals surface area contributed by atoms with Gasteiger partial charge in [-0.1, -0.05) is 23.9 Å². The van der Waals surface area contributed by atoms with E-state index in [0.717, 1.165) is 11.4 Å². The number of aromatic nitrogens is 2. The summed E-state index contributed by atoms with van der Waals surface area (Å²) in [5, 5.41) is 3.52. The van der Waals surface area contributed by atoms with Crippen molar-refractivity contribution in [1.29, 1.82) is 0 Å². The molecule has 0 aliphatic rings. The fraction of sp³-hybridized carbons (Fsp3) is 0.160. The molecule has 174 valence electrons. The number of rotatable bonds is 9. The molecule has 0 aliphatic heterocycles. The number of ether oxygens (including phenoxy) is 1. The molecule has 34 heavy (non-hydrogen) atoms. The Kier molecular flexibility index (Phi) is 7.34. The molecule has 0 aliphatic carbocycles. The summed E-state index contributed by atoms with van der Waals surface area (Å²) >= 11 is 1.33. The van der Waals surface area contributed by atoms with Gasteiger partial charge in [-0.2, -0.15) is 0 Å². The summed E-state index contributed by atoms with van der Waals surface area (Å²) in [6, 6.07) is 18.2. The van der Waals surface area contributed by atoms with Gasteiger partial charge < -0.3 is 19.4 Å². The number of para-hydroxylation sites is 1. The minimum Gasteiger partial charge on any atom is -0.497 e. The molecule has 0 fully saturated rings. The number of hydrogen-bond acceptors (Lipinski definition) is 6. The Hall–Kier alpha value is -3.98. The second-order valence-corrected chi connectivity index (χ2v) is 8.24. The number of imidazole rings is 1. The number of hydrogen-bond donors (Lipinski definition) is 1. The lowest BCUT2D eigenvalue weighted by Crippen LogP contribution is -2.31. The van der Waals surface area contributed by atoms with Crippen LogP contribution in [-0.2, 0) is 11.3 Å². The molecular formula is C25H24N4O4S. The maximum absolute atomic E-state index is 13.0. The zero-order valence-corrected chi connectivity index (χ0v) is 19.6. The molecule has 0 bridgehead atoms. The van der Waals surface area contributed by atoms with Crippen molar-refractivity contribution in [1.82, 2.24) is 14.9 Å². The van der Waals surface area contributed by atoms with Crippen LogP contribution in [0.15, 0.2) is 88.9 Å². The Morgan fingerprint density at radius 2 is 1.91 bits per heavy atom. The third-order valence-electron chi connectivity index (χ3n) is 5.17. The average Bonchev–Trinajstić information content (AvgIpc) is 3.57. The van der Waals surface area contributed by atoms with Gasteiger partial charge in [0, 0.05) is 25.1 Å². The van der Waals surface area contributed by atoms with E-state index in [4.69, 9.17) is 9.15 Å². The minimum absolute atomic E-state index is 0.152. The van der Waals surface area contributed by atoms with Crippen LogP contribution in [0.25, 0.3) is 5.69 Å². The molecule has 2 amide bonds. The first-order valence-corrected chi connectivity index (χ1v) is 11.5. The highest BCUT2D eigenvalue weighted by atomic mass is 32.2. The van der Waals surface area contributed by atoms with Gasteiger partial charge in [0.15, 0.2) is 5.16 Å². The lowest BCUT2D eigenvalue weighted by Gasteiger charge is -2.20. The van der Waals surface area contributed by atoms with Crippen molar-refractivity contribution in [3.05, 3.63) is 90.6 Å². The second-order valence-electron chi connectivity index (χ2n) is 7.30. The molecule has 2 aromatic heterocycles. The Bertz CT molecular complexity index is 1250. The van der Waals surface area contributed by atoms with E-state index >= 15 is 0 Å². The third-order valence-corrected chi connectivity index (χ3v) is 6.12. The summed E-state index contributed by atoms with van der Waals surface area (Å²) in [6.07, 6.45) is 5.09. The average molecular weight is 477 g/mol. The van der Waals surface area contributed by atoms with Crippen molar-refractivity contribution >= 4 is 29.3 Å². The number of furan rings is 1. The fourth-order valence-corrected chi connectivity index (χ4v) is 4.21. The number of nitrogens with one attached hydrogen (secondary N) is 1. The summed E-state index contributed by atoms with van der Waals surface area (Å²) in [5.74, 6) is 1.14. The molecule has 0 unspecified atom stereocenters. The number of carbonyl (C=O) groups is 2. The van der Waals surface area contributed by atoms with E-state index in [2.05, 4.69) is 10.3 Å². The largest absolute Gasteiger partial charge is 0.497 e. The van der Waals surface area contributed by atoms with Crippen LogP contribution in [0.5, 0.6) is 5.75 Å². The molecule has 0 radical (unpaired) electrons. The van der Waals surface area contributed by atoms with Crippen molar-refractivity contribution in [2.24, 2.45) is 0 Å². The van der Waals surface area contributed by atoms with Gasteiger partial charge >= 0.3 is 0 Å². The van der Waals surface area contributed by atoms with Gasteiger partial charge in [-0.05, 0) is 48.5 Å². The number of thioether (sulfide) groups is 1. The summed E-state index contributed by atoms with van der Waals surface area (Å²) in [5.41, 5.74) is 1.86. The lowest BCUT2D eigenvalue weighted by atomic mass is 10.1. The molecule has 0 spiro atoms. The standard InChI is InChI=1S/C25H24N4O4S/c1-28(22-8-4-3-7-21(22)24(31)27-16-20-6-5-15-33-20)23(30)17-34-25-26-13-14-29(25)18-9-11-19(32-2)12-10-18/h3-15H,16-17H2,1-2H3,(H,27,31). The van der Waals surface area contributed by atoms with Crippen LogP contribution in [0.2, 0.25) is 0 Å². The van der Waals surface area contributed by atoms with Crippen LogP contribution in [0.3, 0.4) is 0 Å². The number of amides is 2. The highest BCUT2D eigenvalue weighted by molar-refractivity contribution is 7.99. The van der Waals surface area contributed by atoms with Gasteiger partial charge in [-0.15, -0.1) is 0 Å². The van der Waals surface area contributed by atoms with E-state index < -0.39 is 0 Å². The van der Waals surface area contributed by atoms with Crippen molar-refractivity contribution in [3.63, 3.8) is 0 Å². The molecule has 4 rings (SSSR count). The van der Waals surface area contributed by atoms with Crippen molar-refractivity contribution in [3.8, 4) is 11.4 Å². The van der Waals surface area contributed by atoms with E-state index in [1.165, 1.54) is 16.7 Å². The molecule has 2 heterocycles. The maximum atomic E-state index is 13.0. The molecule has 0 saturated heterocycles. The number of benzene rings is 2. The van der Waals surface area contributed by atoms with Gasteiger partial charge in [0.25, 0.3) is 5.91 Å². The summed E-state index contributed by atoms with van der Waals surface area (Å²) in [6.45, 7) is 0.266. The van der Waals surface area contributed by atoms with Crippen LogP contribution in [0, 0.1) is 0 Å². The third kappa shape index (κ3) is 5.32. The molecule has 2 aromatic carbocycles. The molecule has 0 atom stereocenters.